The first-order valence-corrected chi connectivity index (χ1v) is 7.66. The second kappa shape index (κ2) is 6.92. The molecule has 0 aliphatic heterocycles. The Morgan fingerprint density at radius 2 is 2.05 bits per heavy atom. The van der Waals surface area contributed by atoms with Gasteiger partial charge in [0, 0.05) is 31.5 Å². The minimum Gasteiger partial charge on any atom is -0.384 e. The van der Waals surface area contributed by atoms with Gasteiger partial charge >= 0.3 is 0 Å². The molecule has 1 N–H and O–H groups in total. The van der Waals surface area contributed by atoms with E-state index in [2.05, 4.69) is 44.9 Å². The third kappa shape index (κ3) is 4.45. The highest BCUT2D eigenvalue weighted by Gasteiger charge is 2.28. The van der Waals surface area contributed by atoms with Crippen LogP contribution in [0, 0.1) is 12.3 Å². The van der Waals surface area contributed by atoms with Crippen LogP contribution in [0.3, 0.4) is 0 Å². The topological polar surface area (TPSA) is 45.2 Å². The van der Waals surface area contributed by atoms with Gasteiger partial charge in [-0.2, -0.15) is 0 Å². The lowest BCUT2D eigenvalue weighted by molar-refractivity contribution is 0.0630. The highest BCUT2D eigenvalue weighted by Crippen LogP contribution is 2.26. The summed E-state index contributed by atoms with van der Waals surface area (Å²) in [4.78, 5) is 18.9. The molecule has 0 aliphatic carbocycles. The molecule has 0 aromatic carbocycles. The predicted molar refractivity (Wildman–Crippen MR) is 88.8 cm³/mol. The number of nitrogens with one attached hydrogen (secondary N) is 1. The van der Waals surface area contributed by atoms with Crippen LogP contribution in [0.2, 0.25) is 0 Å². The fraction of sp³-hybridized carbons (Fsp3) is 0.647. The Labute approximate surface area is 129 Å². The van der Waals surface area contributed by atoms with Crippen LogP contribution in [0.1, 0.15) is 57.1 Å². The summed E-state index contributed by atoms with van der Waals surface area (Å²) < 4.78 is 0. The van der Waals surface area contributed by atoms with Gasteiger partial charge in [0.25, 0.3) is 5.91 Å². The van der Waals surface area contributed by atoms with Crippen LogP contribution in [0.4, 0.5) is 5.69 Å². The highest BCUT2D eigenvalue weighted by atomic mass is 16.2. The van der Waals surface area contributed by atoms with Gasteiger partial charge < -0.3 is 10.2 Å². The molecule has 0 bridgehead atoms. The molecular formula is C17H29N3O. The number of carbonyl (C=O) groups excluding carboxylic acids is 1. The lowest BCUT2D eigenvalue weighted by Gasteiger charge is -2.35. The number of aryl methyl sites for hydroxylation is 1. The van der Waals surface area contributed by atoms with Crippen LogP contribution in [0.25, 0.3) is 0 Å². The lowest BCUT2D eigenvalue weighted by Crippen LogP contribution is -2.43. The zero-order valence-electron chi connectivity index (χ0n) is 14.4. The quantitative estimate of drug-likeness (QED) is 0.899. The fourth-order valence-electron chi connectivity index (χ4n) is 2.08. The maximum atomic E-state index is 12.8. The molecule has 1 amide bonds. The molecule has 21 heavy (non-hydrogen) atoms. The molecule has 0 aliphatic rings. The zero-order chi connectivity index (χ0) is 16.2. The van der Waals surface area contributed by atoms with Gasteiger partial charge in [-0.25, -0.2) is 0 Å². The van der Waals surface area contributed by atoms with Crippen molar-refractivity contribution in [2.75, 3.05) is 18.9 Å². The molecule has 1 atom stereocenters. The molecule has 1 heterocycles. The Balaban J connectivity index is 3.06. The van der Waals surface area contributed by atoms with E-state index in [1.54, 1.807) is 6.20 Å². The monoisotopic (exact) mass is 291 g/mol. The van der Waals surface area contributed by atoms with Crippen LogP contribution in [0.5, 0.6) is 0 Å². The van der Waals surface area contributed by atoms with Crippen molar-refractivity contribution in [2.24, 2.45) is 5.41 Å². The first-order valence-electron chi connectivity index (χ1n) is 7.66. The van der Waals surface area contributed by atoms with Crippen molar-refractivity contribution in [3.63, 3.8) is 0 Å². The summed E-state index contributed by atoms with van der Waals surface area (Å²) in [6.45, 7) is 13.4. The summed E-state index contributed by atoms with van der Waals surface area (Å²) in [6, 6.07) is 2.09. The van der Waals surface area contributed by atoms with E-state index in [4.69, 9.17) is 0 Å². The van der Waals surface area contributed by atoms with Gasteiger partial charge in [-0.1, -0.05) is 27.7 Å². The van der Waals surface area contributed by atoms with Crippen LogP contribution in [-0.2, 0) is 0 Å². The Kier molecular flexibility index (Phi) is 5.76. The Hall–Kier alpha value is -1.58. The minimum absolute atomic E-state index is 0.0172. The van der Waals surface area contributed by atoms with E-state index in [0.29, 0.717) is 5.56 Å². The standard InChI is InChI=1S/C17H29N3O/c1-8-9-18-15-10-12(2)19-11-14(15)16(21)20(7)13(3)17(4,5)6/h10-11,13H,8-9H2,1-7H3,(H,18,19). The van der Waals surface area contributed by atoms with Crippen LogP contribution >= 0.6 is 0 Å². The van der Waals surface area contributed by atoms with E-state index >= 15 is 0 Å². The van der Waals surface area contributed by atoms with E-state index in [0.717, 1.165) is 24.3 Å². The number of hydrogen-bond acceptors (Lipinski definition) is 3. The number of aromatic nitrogens is 1. The summed E-state index contributed by atoms with van der Waals surface area (Å²) >= 11 is 0. The van der Waals surface area contributed by atoms with E-state index in [1.165, 1.54) is 0 Å². The summed E-state index contributed by atoms with van der Waals surface area (Å²) in [6.07, 6.45) is 2.70. The number of amides is 1. The molecule has 4 nitrogen and oxygen atoms in total. The summed E-state index contributed by atoms with van der Waals surface area (Å²) in [7, 11) is 1.86. The van der Waals surface area contributed by atoms with Crippen molar-refractivity contribution in [1.82, 2.24) is 9.88 Å². The Morgan fingerprint density at radius 1 is 1.43 bits per heavy atom. The van der Waals surface area contributed by atoms with Crippen molar-refractivity contribution < 1.29 is 4.79 Å². The largest absolute Gasteiger partial charge is 0.384 e. The second-order valence-electron chi connectivity index (χ2n) is 6.76. The molecule has 1 unspecified atom stereocenters. The van der Waals surface area contributed by atoms with Gasteiger partial charge in [0.1, 0.15) is 0 Å². The van der Waals surface area contributed by atoms with Gasteiger partial charge in [-0.05, 0) is 31.7 Å². The number of carbonyl (C=O) groups is 1. The molecule has 0 fully saturated rings. The molecule has 1 rings (SSSR count). The molecule has 1 aromatic heterocycles. The molecule has 1 aromatic rings. The summed E-state index contributed by atoms with van der Waals surface area (Å²) in [5, 5.41) is 3.33. The number of pyridine rings is 1. The number of rotatable bonds is 5. The van der Waals surface area contributed by atoms with Crippen molar-refractivity contribution in [2.45, 2.75) is 54.0 Å². The normalized spacial score (nSPS) is 12.9. The minimum atomic E-state index is 0.0172. The Bertz CT molecular complexity index is 491. The first kappa shape index (κ1) is 17.5. The number of nitrogens with zero attached hydrogens (tertiary/aromatic N) is 2. The molecule has 0 saturated heterocycles. The SMILES string of the molecule is CCCNc1cc(C)ncc1C(=O)N(C)C(C)C(C)(C)C. The number of hydrogen-bond donors (Lipinski definition) is 1. The van der Waals surface area contributed by atoms with Crippen molar-refractivity contribution >= 4 is 11.6 Å². The zero-order valence-corrected chi connectivity index (χ0v) is 14.4. The van der Waals surface area contributed by atoms with Crippen molar-refractivity contribution in [1.29, 1.82) is 0 Å². The van der Waals surface area contributed by atoms with E-state index in [-0.39, 0.29) is 17.4 Å². The average molecular weight is 291 g/mol. The molecule has 0 saturated carbocycles. The van der Waals surface area contributed by atoms with Gasteiger partial charge in [0.05, 0.1) is 11.3 Å². The third-order valence-electron chi connectivity index (χ3n) is 3.99. The van der Waals surface area contributed by atoms with Gasteiger partial charge in [-0.3, -0.25) is 9.78 Å². The molecule has 4 heteroatoms. The van der Waals surface area contributed by atoms with Crippen molar-refractivity contribution in [3.05, 3.63) is 23.5 Å². The van der Waals surface area contributed by atoms with Crippen LogP contribution < -0.4 is 5.32 Å². The summed E-state index contributed by atoms with van der Waals surface area (Å²) in [5.41, 5.74) is 2.48. The smallest absolute Gasteiger partial charge is 0.257 e. The Morgan fingerprint density at radius 3 is 2.57 bits per heavy atom. The third-order valence-corrected chi connectivity index (χ3v) is 3.99. The fourth-order valence-corrected chi connectivity index (χ4v) is 2.08. The molecule has 0 radical (unpaired) electrons. The van der Waals surface area contributed by atoms with Crippen LogP contribution in [-0.4, -0.2) is 35.4 Å². The van der Waals surface area contributed by atoms with Gasteiger partial charge in [0.15, 0.2) is 0 Å². The first-order chi connectivity index (χ1) is 9.68. The van der Waals surface area contributed by atoms with Gasteiger partial charge in [-0.15, -0.1) is 0 Å². The van der Waals surface area contributed by atoms with E-state index in [1.807, 2.05) is 24.9 Å². The second-order valence-corrected chi connectivity index (χ2v) is 6.76. The summed E-state index contributed by atoms with van der Waals surface area (Å²) in [5.74, 6) is 0.0172. The number of anilines is 1. The van der Waals surface area contributed by atoms with Crippen molar-refractivity contribution in [3.8, 4) is 0 Å². The van der Waals surface area contributed by atoms with Crippen LogP contribution in [0.15, 0.2) is 12.3 Å². The highest BCUT2D eigenvalue weighted by molar-refractivity contribution is 5.99. The predicted octanol–water partition coefficient (Wildman–Crippen LogP) is 3.72. The van der Waals surface area contributed by atoms with E-state index < -0.39 is 0 Å². The molecule has 118 valence electrons. The maximum absolute atomic E-state index is 12.8. The average Bonchev–Trinajstić information content (AvgIpc) is 2.41. The van der Waals surface area contributed by atoms with Gasteiger partial charge in [0.2, 0.25) is 0 Å². The molecular weight excluding hydrogens is 262 g/mol. The van der Waals surface area contributed by atoms with E-state index in [9.17, 15) is 4.79 Å². The molecule has 0 spiro atoms. The lowest BCUT2D eigenvalue weighted by atomic mass is 9.87. The maximum Gasteiger partial charge on any atom is 0.257 e.